The molecule has 0 fully saturated rings. The number of benzene rings is 7. The molecule has 10 rings (SSSR count). The van der Waals surface area contributed by atoms with Gasteiger partial charge in [-0.05, 0) is 71.8 Å². The van der Waals surface area contributed by atoms with Crippen LogP contribution in [0.2, 0.25) is 0 Å². The molecule has 0 bridgehead atoms. The van der Waals surface area contributed by atoms with Gasteiger partial charge in [0.2, 0.25) is 0 Å². The van der Waals surface area contributed by atoms with Crippen molar-refractivity contribution in [3.8, 4) is 11.4 Å². The molecule has 0 aliphatic carbocycles. The van der Waals surface area contributed by atoms with Gasteiger partial charge in [-0.3, -0.25) is 0 Å². The van der Waals surface area contributed by atoms with Crippen molar-refractivity contribution in [3.05, 3.63) is 175 Å². The third-order valence-corrected chi connectivity index (χ3v) is 10.5. The lowest BCUT2D eigenvalue weighted by Crippen LogP contribution is -2.30. The summed E-state index contributed by atoms with van der Waals surface area (Å²) in [5, 5.41) is 4.98. The molecular weight excluding hydrogens is 583 g/mol. The van der Waals surface area contributed by atoms with E-state index in [1.165, 1.54) is 66.1 Å². The number of aromatic nitrogens is 2. The van der Waals surface area contributed by atoms with E-state index in [0.29, 0.717) is 0 Å². The second-order valence-electron chi connectivity index (χ2n) is 13.4. The molecule has 9 aromatic rings. The van der Waals surface area contributed by atoms with Crippen molar-refractivity contribution < 1.29 is 0 Å². The summed E-state index contributed by atoms with van der Waals surface area (Å²) in [7, 11) is 0. The van der Waals surface area contributed by atoms with Crippen molar-refractivity contribution in [2.75, 3.05) is 4.90 Å². The van der Waals surface area contributed by atoms with Gasteiger partial charge in [0.05, 0.1) is 33.4 Å². The van der Waals surface area contributed by atoms with E-state index in [2.05, 4.69) is 192 Å². The van der Waals surface area contributed by atoms with E-state index in [0.717, 1.165) is 17.1 Å². The van der Waals surface area contributed by atoms with Crippen LogP contribution >= 0.6 is 0 Å². The average Bonchev–Trinajstić information content (AvgIpc) is 3.65. The highest BCUT2D eigenvalue weighted by atomic mass is 15.2. The lowest BCUT2D eigenvalue weighted by atomic mass is 9.73. The quantitative estimate of drug-likeness (QED) is 0.193. The van der Waals surface area contributed by atoms with E-state index in [4.69, 9.17) is 0 Å². The van der Waals surface area contributed by atoms with E-state index >= 15 is 0 Å². The molecule has 1 aliphatic heterocycles. The Hall–Kier alpha value is -6.06. The Balaban J connectivity index is 1.34. The average molecular weight is 616 g/mol. The Labute approximate surface area is 279 Å². The summed E-state index contributed by atoms with van der Waals surface area (Å²) in [6, 6.07) is 59.9. The third-order valence-electron chi connectivity index (χ3n) is 10.5. The van der Waals surface area contributed by atoms with E-state index in [-0.39, 0.29) is 5.41 Å². The van der Waals surface area contributed by atoms with Crippen LogP contribution in [-0.2, 0) is 5.41 Å². The molecule has 0 atom stereocenters. The first-order valence-electron chi connectivity index (χ1n) is 16.7. The molecule has 1 aliphatic rings. The Kier molecular flexibility index (Phi) is 5.63. The summed E-state index contributed by atoms with van der Waals surface area (Å²) >= 11 is 0. The monoisotopic (exact) mass is 615 g/mol. The van der Waals surface area contributed by atoms with Crippen molar-refractivity contribution in [1.82, 2.24) is 9.13 Å². The highest BCUT2D eigenvalue weighted by molar-refractivity contribution is 6.24. The first-order valence-corrected chi connectivity index (χ1v) is 16.7. The minimum Gasteiger partial charge on any atom is -0.310 e. The van der Waals surface area contributed by atoms with E-state index in [1.807, 2.05) is 0 Å². The number of hydrogen-bond acceptors (Lipinski definition) is 1. The molecule has 0 N–H and O–H groups in total. The minimum absolute atomic E-state index is 0.104. The molecule has 3 heterocycles. The molecule has 0 unspecified atom stereocenters. The summed E-state index contributed by atoms with van der Waals surface area (Å²) in [6.07, 6.45) is 0. The van der Waals surface area contributed by atoms with Crippen LogP contribution in [-0.4, -0.2) is 9.13 Å². The zero-order valence-electron chi connectivity index (χ0n) is 26.9. The number of anilines is 3. The Bertz CT molecular complexity index is 2640. The molecular formula is C45H33N3. The largest absolute Gasteiger partial charge is 0.310 e. The predicted octanol–water partition coefficient (Wildman–Crippen LogP) is 12.0. The van der Waals surface area contributed by atoms with Crippen molar-refractivity contribution in [2.45, 2.75) is 19.3 Å². The van der Waals surface area contributed by atoms with Gasteiger partial charge in [0.25, 0.3) is 0 Å². The van der Waals surface area contributed by atoms with Crippen LogP contribution in [0.4, 0.5) is 17.1 Å². The number of para-hydroxylation sites is 5. The zero-order valence-corrected chi connectivity index (χ0v) is 26.9. The molecule has 7 aromatic carbocycles. The fourth-order valence-corrected chi connectivity index (χ4v) is 8.32. The first-order chi connectivity index (χ1) is 23.6. The molecule has 3 nitrogen and oxygen atoms in total. The van der Waals surface area contributed by atoms with Gasteiger partial charge in [-0.2, -0.15) is 0 Å². The molecule has 0 saturated carbocycles. The van der Waals surface area contributed by atoms with Crippen LogP contribution in [0.3, 0.4) is 0 Å². The minimum atomic E-state index is -0.104. The lowest BCUT2D eigenvalue weighted by molar-refractivity contribution is 0.632. The maximum atomic E-state index is 2.47. The van der Waals surface area contributed by atoms with E-state index in [1.54, 1.807) is 0 Å². The molecule has 2 aromatic heterocycles. The highest BCUT2D eigenvalue weighted by Gasteiger charge is 2.36. The molecule has 0 saturated heterocycles. The Morgan fingerprint density at radius 3 is 1.46 bits per heavy atom. The SMILES string of the molecule is CC1(C)c2ccccc2N(c2ccc3c(c2)c2ccc4c5ccccc5n(-c5ccccc5)c4c2n3-c2ccccc2)c2ccccc21. The van der Waals surface area contributed by atoms with Crippen molar-refractivity contribution >= 4 is 60.7 Å². The summed E-state index contributed by atoms with van der Waals surface area (Å²) in [5.41, 5.74) is 13.3. The van der Waals surface area contributed by atoms with E-state index in [9.17, 15) is 0 Å². The van der Waals surface area contributed by atoms with Gasteiger partial charge >= 0.3 is 0 Å². The normalized spacial score (nSPS) is 13.8. The van der Waals surface area contributed by atoms with E-state index < -0.39 is 0 Å². The Morgan fingerprint density at radius 1 is 0.375 bits per heavy atom. The third kappa shape index (κ3) is 3.64. The number of fused-ring (bicyclic) bond motifs is 9. The number of nitrogens with zero attached hydrogens (tertiary/aromatic N) is 3. The van der Waals surface area contributed by atoms with Gasteiger partial charge in [0, 0.05) is 44.0 Å². The van der Waals surface area contributed by atoms with Gasteiger partial charge < -0.3 is 14.0 Å². The summed E-state index contributed by atoms with van der Waals surface area (Å²) in [6.45, 7) is 4.69. The van der Waals surface area contributed by atoms with Crippen molar-refractivity contribution in [3.63, 3.8) is 0 Å². The predicted molar refractivity (Wildman–Crippen MR) is 202 cm³/mol. The summed E-state index contributed by atoms with van der Waals surface area (Å²) in [5.74, 6) is 0. The lowest BCUT2D eigenvalue weighted by Gasteiger charge is -2.42. The highest BCUT2D eigenvalue weighted by Crippen LogP contribution is 2.52. The first kappa shape index (κ1) is 27.1. The zero-order chi connectivity index (χ0) is 32.0. The second-order valence-corrected chi connectivity index (χ2v) is 13.4. The molecule has 228 valence electrons. The molecule has 48 heavy (non-hydrogen) atoms. The van der Waals surface area contributed by atoms with Crippen LogP contribution in [0.25, 0.3) is 55.0 Å². The van der Waals surface area contributed by atoms with Gasteiger partial charge in [-0.1, -0.05) is 117 Å². The smallest absolute Gasteiger partial charge is 0.0788 e. The number of hydrogen-bond donors (Lipinski definition) is 0. The Morgan fingerprint density at radius 2 is 0.854 bits per heavy atom. The maximum Gasteiger partial charge on any atom is 0.0788 e. The van der Waals surface area contributed by atoms with Gasteiger partial charge in [-0.25, -0.2) is 0 Å². The van der Waals surface area contributed by atoms with Crippen molar-refractivity contribution in [1.29, 1.82) is 0 Å². The van der Waals surface area contributed by atoms with Gasteiger partial charge in [0.15, 0.2) is 0 Å². The van der Waals surface area contributed by atoms with Gasteiger partial charge in [0.1, 0.15) is 0 Å². The van der Waals surface area contributed by atoms with Crippen LogP contribution in [0, 0.1) is 0 Å². The topological polar surface area (TPSA) is 13.1 Å². The van der Waals surface area contributed by atoms with Crippen molar-refractivity contribution in [2.24, 2.45) is 0 Å². The fraction of sp³-hybridized carbons (Fsp3) is 0.0667. The van der Waals surface area contributed by atoms with Crippen LogP contribution in [0.1, 0.15) is 25.0 Å². The van der Waals surface area contributed by atoms with Crippen LogP contribution < -0.4 is 4.90 Å². The standard InChI is InChI=1S/C45H33N3/c1-45(2)37-20-10-13-23-41(37)46(42-24-14-11-21-38(42)45)32-25-28-40-36(29-32)35-27-26-34-33-19-9-12-22-39(33)47(30-15-5-3-6-16-30)43(34)44(35)48(40)31-17-7-4-8-18-31/h3-29H,1-2H3. The maximum absolute atomic E-state index is 2.47. The molecule has 3 heteroatoms. The molecule has 0 amide bonds. The van der Waals surface area contributed by atoms with Crippen LogP contribution in [0.5, 0.6) is 0 Å². The van der Waals surface area contributed by atoms with Gasteiger partial charge in [-0.15, -0.1) is 0 Å². The summed E-state index contributed by atoms with van der Waals surface area (Å²) < 4.78 is 4.92. The molecule has 0 radical (unpaired) electrons. The van der Waals surface area contributed by atoms with Crippen LogP contribution in [0.15, 0.2) is 164 Å². The molecule has 0 spiro atoms. The number of rotatable bonds is 3. The fourth-order valence-electron chi connectivity index (χ4n) is 8.32. The second kappa shape index (κ2) is 9.97. The summed E-state index contributed by atoms with van der Waals surface area (Å²) in [4.78, 5) is 2.46.